The second-order valence-corrected chi connectivity index (χ2v) is 4.29. The van der Waals surface area contributed by atoms with Crippen molar-refractivity contribution in [1.29, 1.82) is 0 Å². The lowest BCUT2D eigenvalue weighted by atomic mass is 10.3. The topological polar surface area (TPSA) is 24.8 Å². The van der Waals surface area contributed by atoms with E-state index in [1.807, 2.05) is 30.3 Å². The number of hydrogen-bond acceptors (Lipinski definition) is 4. The summed E-state index contributed by atoms with van der Waals surface area (Å²) in [6.07, 6.45) is 2.06. The first-order valence-corrected chi connectivity index (χ1v) is 6.64. The predicted octanol–water partition coefficient (Wildman–Crippen LogP) is 2.72. The van der Waals surface area contributed by atoms with E-state index in [0.29, 0.717) is 6.61 Å². The third-order valence-corrected chi connectivity index (χ3v) is 3.20. The number of rotatable bonds is 4. The van der Waals surface area contributed by atoms with E-state index in [2.05, 4.69) is 16.1 Å². The van der Waals surface area contributed by atoms with Crippen molar-refractivity contribution < 1.29 is 4.74 Å². The predicted molar refractivity (Wildman–Crippen MR) is 84.7 cm³/mol. The van der Waals surface area contributed by atoms with E-state index in [1.165, 1.54) is 0 Å². The van der Waals surface area contributed by atoms with Gasteiger partial charge in [-0.05, 0) is 18.4 Å². The average Bonchev–Trinajstić information content (AvgIpc) is 2.78. The minimum Gasteiger partial charge on any atom is -0.492 e. The van der Waals surface area contributed by atoms with Crippen molar-refractivity contribution in [3.8, 4) is 5.75 Å². The summed E-state index contributed by atoms with van der Waals surface area (Å²) >= 11 is 1.71. The Morgan fingerprint density at radius 3 is 2.82 bits per heavy atom. The third-order valence-electron chi connectivity index (χ3n) is 2.44. The Labute approximate surface area is 124 Å². The number of para-hydroxylation sites is 1. The highest BCUT2D eigenvalue weighted by Gasteiger charge is 2.14. The Morgan fingerprint density at radius 2 is 2.12 bits per heavy atom. The molecule has 0 amide bonds. The van der Waals surface area contributed by atoms with E-state index in [0.717, 1.165) is 30.6 Å². The molecule has 1 aliphatic rings. The number of hydrogen-bond donors (Lipinski definition) is 0. The Morgan fingerprint density at radius 1 is 1.35 bits per heavy atom. The molecule has 0 saturated heterocycles. The second-order valence-electron chi connectivity index (χ2n) is 3.52. The van der Waals surface area contributed by atoms with Crippen molar-refractivity contribution in [2.24, 2.45) is 4.99 Å². The Kier molecular flexibility index (Phi) is 6.72. The molecule has 0 spiro atoms. The van der Waals surface area contributed by atoms with Gasteiger partial charge in [-0.3, -0.25) is 4.99 Å². The summed E-state index contributed by atoms with van der Waals surface area (Å²) in [5.74, 6) is 0.935. The van der Waals surface area contributed by atoms with Crippen molar-refractivity contribution in [2.45, 2.75) is 0 Å². The fraction of sp³-hybridized carbons (Fsp3) is 0.417. The van der Waals surface area contributed by atoms with Gasteiger partial charge >= 0.3 is 0 Å². The zero-order valence-corrected chi connectivity index (χ0v) is 13.0. The van der Waals surface area contributed by atoms with Crippen LogP contribution in [0.4, 0.5) is 0 Å². The number of benzene rings is 1. The van der Waals surface area contributed by atoms with E-state index in [4.69, 9.17) is 4.74 Å². The number of amidine groups is 1. The standard InChI is InChI=1S/C12H16N2OS.HI/c1-16-12-13-7-8-14(12)9-10-15-11-5-3-2-4-6-11;/h2-6H,7-10H2,1H3;1H. The molecule has 0 fully saturated rings. The minimum atomic E-state index is 0. The summed E-state index contributed by atoms with van der Waals surface area (Å²) in [4.78, 5) is 6.68. The van der Waals surface area contributed by atoms with Gasteiger partial charge in [0.05, 0.1) is 13.1 Å². The molecule has 0 unspecified atom stereocenters. The van der Waals surface area contributed by atoms with Gasteiger partial charge in [-0.2, -0.15) is 0 Å². The summed E-state index contributed by atoms with van der Waals surface area (Å²) in [5.41, 5.74) is 0. The SMILES string of the molecule is CSC1=NCCN1CCOc1ccccc1.I. The lowest BCUT2D eigenvalue weighted by Gasteiger charge is -2.18. The fourth-order valence-electron chi connectivity index (χ4n) is 1.65. The van der Waals surface area contributed by atoms with E-state index in [-0.39, 0.29) is 24.0 Å². The molecule has 0 bridgehead atoms. The van der Waals surface area contributed by atoms with Crippen LogP contribution in [0.2, 0.25) is 0 Å². The second kappa shape index (κ2) is 7.81. The quantitative estimate of drug-likeness (QED) is 0.769. The monoisotopic (exact) mass is 364 g/mol. The molecule has 1 aromatic rings. The number of nitrogens with zero attached hydrogens (tertiary/aromatic N) is 2. The molecule has 0 radical (unpaired) electrons. The smallest absolute Gasteiger partial charge is 0.159 e. The molecular weight excluding hydrogens is 347 g/mol. The summed E-state index contributed by atoms with van der Waals surface area (Å²) in [5, 5.41) is 1.14. The molecule has 1 aromatic carbocycles. The van der Waals surface area contributed by atoms with E-state index in [1.54, 1.807) is 11.8 Å². The molecule has 0 aliphatic carbocycles. The fourth-order valence-corrected chi connectivity index (χ4v) is 2.31. The lowest BCUT2D eigenvalue weighted by Crippen LogP contribution is -2.30. The average molecular weight is 364 g/mol. The molecule has 3 nitrogen and oxygen atoms in total. The van der Waals surface area contributed by atoms with E-state index < -0.39 is 0 Å². The molecule has 94 valence electrons. The highest BCUT2D eigenvalue weighted by Crippen LogP contribution is 2.12. The van der Waals surface area contributed by atoms with E-state index >= 15 is 0 Å². The van der Waals surface area contributed by atoms with Gasteiger partial charge in [-0.25, -0.2) is 0 Å². The van der Waals surface area contributed by atoms with Crippen molar-refractivity contribution in [3.05, 3.63) is 30.3 Å². The van der Waals surface area contributed by atoms with Crippen LogP contribution in [0.5, 0.6) is 5.75 Å². The number of thioether (sulfide) groups is 1. The van der Waals surface area contributed by atoms with Gasteiger partial charge < -0.3 is 9.64 Å². The Bertz CT molecular complexity index is 359. The number of ether oxygens (including phenoxy) is 1. The minimum absolute atomic E-state index is 0. The largest absolute Gasteiger partial charge is 0.492 e. The van der Waals surface area contributed by atoms with Crippen molar-refractivity contribution in [2.75, 3.05) is 32.5 Å². The maximum absolute atomic E-state index is 5.65. The first-order chi connectivity index (χ1) is 7.90. The van der Waals surface area contributed by atoms with Crippen LogP contribution in [0.1, 0.15) is 0 Å². The summed E-state index contributed by atoms with van der Waals surface area (Å²) in [7, 11) is 0. The lowest BCUT2D eigenvalue weighted by molar-refractivity contribution is 0.278. The highest BCUT2D eigenvalue weighted by atomic mass is 127. The van der Waals surface area contributed by atoms with Crippen molar-refractivity contribution in [3.63, 3.8) is 0 Å². The van der Waals surface area contributed by atoms with Gasteiger partial charge in [-0.1, -0.05) is 30.0 Å². The van der Waals surface area contributed by atoms with Crippen molar-refractivity contribution >= 4 is 40.9 Å². The maximum Gasteiger partial charge on any atom is 0.159 e. The van der Waals surface area contributed by atoms with Crippen LogP contribution >= 0.6 is 35.7 Å². The molecule has 1 heterocycles. The summed E-state index contributed by atoms with van der Waals surface area (Å²) < 4.78 is 5.65. The van der Waals surface area contributed by atoms with Crippen LogP contribution in [0, 0.1) is 0 Å². The van der Waals surface area contributed by atoms with Gasteiger partial charge in [0.1, 0.15) is 12.4 Å². The van der Waals surface area contributed by atoms with Crippen LogP contribution in [-0.4, -0.2) is 42.6 Å². The van der Waals surface area contributed by atoms with Crippen LogP contribution < -0.4 is 4.74 Å². The molecule has 0 atom stereocenters. The highest BCUT2D eigenvalue weighted by molar-refractivity contribution is 14.0. The Balaban J connectivity index is 0.00000144. The number of aliphatic imine (C=N–C) groups is 1. The summed E-state index contributed by atoms with van der Waals surface area (Å²) in [6, 6.07) is 9.92. The maximum atomic E-state index is 5.65. The van der Waals surface area contributed by atoms with Crippen molar-refractivity contribution in [1.82, 2.24) is 4.90 Å². The summed E-state index contributed by atoms with van der Waals surface area (Å²) in [6.45, 7) is 3.56. The molecular formula is C12H17IN2OS. The molecule has 0 saturated carbocycles. The zero-order chi connectivity index (χ0) is 11.2. The molecule has 1 aliphatic heterocycles. The van der Waals surface area contributed by atoms with Gasteiger partial charge in [0.15, 0.2) is 5.17 Å². The normalized spacial score (nSPS) is 14.2. The molecule has 17 heavy (non-hydrogen) atoms. The van der Waals surface area contributed by atoms with Crippen LogP contribution in [-0.2, 0) is 0 Å². The molecule has 0 N–H and O–H groups in total. The third kappa shape index (κ3) is 4.39. The first kappa shape index (κ1) is 14.6. The van der Waals surface area contributed by atoms with Gasteiger partial charge in [0.25, 0.3) is 0 Å². The molecule has 5 heteroatoms. The van der Waals surface area contributed by atoms with Gasteiger partial charge in [0, 0.05) is 6.54 Å². The Hall–Kier alpha value is -0.430. The van der Waals surface area contributed by atoms with Gasteiger partial charge in [0.2, 0.25) is 0 Å². The molecule has 0 aromatic heterocycles. The van der Waals surface area contributed by atoms with E-state index in [9.17, 15) is 0 Å². The number of halogens is 1. The first-order valence-electron chi connectivity index (χ1n) is 5.41. The van der Waals surface area contributed by atoms with Crippen LogP contribution in [0.15, 0.2) is 35.3 Å². The molecule has 2 rings (SSSR count). The zero-order valence-electron chi connectivity index (χ0n) is 9.83. The van der Waals surface area contributed by atoms with Gasteiger partial charge in [-0.15, -0.1) is 24.0 Å². The van der Waals surface area contributed by atoms with Crippen LogP contribution in [0.3, 0.4) is 0 Å². The van der Waals surface area contributed by atoms with Crippen LogP contribution in [0.25, 0.3) is 0 Å².